The van der Waals surface area contributed by atoms with Crippen molar-refractivity contribution in [3.05, 3.63) is 54.1 Å². The van der Waals surface area contributed by atoms with Crippen LogP contribution in [0.3, 0.4) is 0 Å². The van der Waals surface area contributed by atoms with Gasteiger partial charge in [0.2, 0.25) is 11.8 Å². The van der Waals surface area contributed by atoms with Gasteiger partial charge in [0.1, 0.15) is 0 Å². The Balaban J connectivity index is 1.94. The van der Waals surface area contributed by atoms with Gasteiger partial charge in [-0.25, -0.2) is 0 Å². The van der Waals surface area contributed by atoms with Crippen molar-refractivity contribution in [3.8, 4) is 0 Å². The molecule has 1 atom stereocenters. The van der Waals surface area contributed by atoms with E-state index in [9.17, 15) is 14.4 Å². The Morgan fingerprint density at radius 1 is 1.07 bits per heavy atom. The van der Waals surface area contributed by atoms with Crippen molar-refractivity contribution in [3.63, 3.8) is 0 Å². The number of amides is 2. The Labute approximate surface area is 169 Å². The number of thioether (sulfide) groups is 1. The number of rotatable bonds is 8. The Morgan fingerprint density at radius 2 is 1.79 bits per heavy atom. The number of hydrogen-bond acceptors (Lipinski definition) is 5. The zero-order valence-electron chi connectivity index (χ0n) is 16.5. The quantitative estimate of drug-likeness (QED) is 0.525. The van der Waals surface area contributed by atoms with Crippen molar-refractivity contribution in [1.29, 1.82) is 0 Å². The van der Waals surface area contributed by atoms with Crippen molar-refractivity contribution in [2.45, 2.75) is 24.8 Å². The SMILES string of the molecule is CSc1ccccc1NC(=O)CN(C)[C@H](C)C(=O)Nc1cccc(C(C)=O)c1. The molecule has 28 heavy (non-hydrogen) atoms. The summed E-state index contributed by atoms with van der Waals surface area (Å²) in [5, 5.41) is 5.68. The van der Waals surface area contributed by atoms with Crippen molar-refractivity contribution < 1.29 is 14.4 Å². The molecule has 2 N–H and O–H groups in total. The number of carbonyl (C=O) groups excluding carboxylic acids is 3. The van der Waals surface area contributed by atoms with Gasteiger partial charge in [-0.15, -0.1) is 11.8 Å². The highest BCUT2D eigenvalue weighted by Crippen LogP contribution is 2.24. The van der Waals surface area contributed by atoms with Crippen molar-refractivity contribution in [2.24, 2.45) is 0 Å². The average Bonchev–Trinajstić information content (AvgIpc) is 2.67. The first-order valence-electron chi connectivity index (χ1n) is 8.86. The van der Waals surface area contributed by atoms with E-state index in [0.29, 0.717) is 11.3 Å². The fourth-order valence-corrected chi connectivity index (χ4v) is 3.12. The summed E-state index contributed by atoms with van der Waals surface area (Å²) in [5.74, 6) is -0.508. The Bertz CT molecular complexity index is 869. The van der Waals surface area contributed by atoms with Gasteiger partial charge in [0, 0.05) is 16.1 Å². The van der Waals surface area contributed by atoms with E-state index in [-0.39, 0.29) is 24.1 Å². The fourth-order valence-electron chi connectivity index (χ4n) is 2.56. The lowest BCUT2D eigenvalue weighted by Crippen LogP contribution is -2.43. The number of Topliss-reactive ketones (excluding diaryl/α,β-unsaturated/α-hetero) is 1. The molecule has 0 aliphatic rings. The number of nitrogens with one attached hydrogen (secondary N) is 2. The maximum absolute atomic E-state index is 12.5. The van der Waals surface area contributed by atoms with Crippen LogP contribution < -0.4 is 10.6 Å². The molecule has 2 amide bonds. The normalized spacial score (nSPS) is 11.8. The number of nitrogens with zero attached hydrogens (tertiary/aromatic N) is 1. The standard InChI is InChI=1S/C21H25N3O3S/c1-14(21(27)22-17-9-7-8-16(12-17)15(2)25)24(3)13-20(26)23-18-10-5-6-11-19(18)28-4/h5-12,14H,13H2,1-4H3,(H,22,27)(H,23,26)/t14-/m1/s1. The molecule has 7 heteroatoms. The van der Waals surface area contributed by atoms with Crippen LogP contribution in [-0.4, -0.2) is 48.4 Å². The summed E-state index contributed by atoms with van der Waals surface area (Å²) in [6, 6.07) is 13.8. The molecule has 148 valence electrons. The maximum atomic E-state index is 12.5. The fraction of sp³-hybridized carbons (Fsp3) is 0.286. The molecule has 0 saturated carbocycles. The highest BCUT2D eigenvalue weighted by molar-refractivity contribution is 7.98. The number of benzene rings is 2. The minimum absolute atomic E-state index is 0.0662. The summed E-state index contributed by atoms with van der Waals surface area (Å²) in [7, 11) is 1.72. The molecular weight excluding hydrogens is 374 g/mol. The molecule has 6 nitrogen and oxygen atoms in total. The Kier molecular flexibility index (Phi) is 7.78. The number of para-hydroxylation sites is 1. The first-order chi connectivity index (χ1) is 13.3. The molecule has 0 aliphatic heterocycles. The summed E-state index contributed by atoms with van der Waals surface area (Å²) in [6.07, 6.45) is 1.95. The number of hydrogen-bond donors (Lipinski definition) is 2. The molecule has 0 bridgehead atoms. The van der Waals surface area contributed by atoms with Crippen LogP contribution in [0.4, 0.5) is 11.4 Å². The zero-order valence-corrected chi connectivity index (χ0v) is 17.3. The second-order valence-corrected chi connectivity index (χ2v) is 7.31. The first-order valence-corrected chi connectivity index (χ1v) is 10.1. The van der Waals surface area contributed by atoms with E-state index in [1.165, 1.54) is 6.92 Å². The van der Waals surface area contributed by atoms with Crippen LogP contribution in [-0.2, 0) is 9.59 Å². The van der Waals surface area contributed by atoms with E-state index in [1.807, 2.05) is 30.5 Å². The minimum Gasteiger partial charge on any atom is -0.325 e. The van der Waals surface area contributed by atoms with Gasteiger partial charge in [-0.2, -0.15) is 0 Å². The Hall–Kier alpha value is -2.64. The average molecular weight is 400 g/mol. The lowest BCUT2D eigenvalue weighted by Gasteiger charge is -2.23. The molecule has 0 spiro atoms. The van der Waals surface area contributed by atoms with Gasteiger partial charge in [-0.3, -0.25) is 19.3 Å². The van der Waals surface area contributed by atoms with E-state index >= 15 is 0 Å². The summed E-state index contributed by atoms with van der Waals surface area (Å²) >= 11 is 1.56. The first kappa shape index (κ1) is 21.7. The molecule has 0 aromatic heterocycles. The summed E-state index contributed by atoms with van der Waals surface area (Å²) in [6.45, 7) is 3.28. The molecule has 0 saturated heterocycles. The molecule has 0 unspecified atom stereocenters. The third kappa shape index (κ3) is 5.94. The number of carbonyl (C=O) groups is 3. The number of likely N-dealkylation sites (N-methyl/N-ethyl adjacent to an activating group) is 1. The van der Waals surface area contributed by atoms with E-state index in [2.05, 4.69) is 10.6 Å². The molecule has 2 aromatic rings. The van der Waals surface area contributed by atoms with Gasteiger partial charge in [-0.05, 0) is 51.4 Å². The second kappa shape index (κ2) is 10.1. The molecule has 2 aromatic carbocycles. The van der Waals surface area contributed by atoms with Crippen LogP contribution in [0.5, 0.6) is 0 Å². The Morgan fingerprint density at radius 3 is 2.46 bits per heavy atom. The van der Waals surface area contributed by atoms with Crippen LogP contribution in [0.1, 0.15) is 24.2 Å². The number of ketones is 1. The third-order valence-electron chi connectivity index (χ3n) is 4.35. The largest absolute Gasteiger partial charge is 0.325 e. The van der Waals surface area contributed by atoms with Crippen molar-refractivity contribution in [1.82, 2.24) is 4.90 Å². The molecule has 0 heterocycles. The minimum atomic E-state index is -0.525. The highest BCUT2D eigenvalue weighted by Gasteiger charge is 2.21. The van der Waals surface area contributed by atoms with E-state index in [4.69, 9.17) is 0 Å². The molecule has 0 radical (unpaired) electrons. The second-order valence-electron chi connectivity index (χ2n) is 6.47. The van der Waals surface area contributed by atoms with Gasteiger partial charge in [0.15, 0.2) is 5.78 Å². The smallest absolute Gasteiger partial charge is 0.241 e. The topological polar surface area (TPSA) is 78.5 Å². The lowest BCUT2D eigenvalue weighted by atomic mass is 10.1. The van der Waals surface area contributed by atoms with Crippen molar-refractivity contribution in [2.75, 3.05) is 30.5 Å². The van der Waals surface area contributed by atoms with Gasteiger partial charge in [0.25, 0.3) is 0 Å². The molecule has 2 rings (SSSR count). The monoisotopic (exact) mass is 399 g/mol. The highest BCUT2D eigenvalue weighted by atomic mass is 32.2. The molecule has 0 fully saturated rings. The van der Waals surface area contributed by atoms with Gasteiger partial charge >= 0.3 is 0 Å². The maximum Gasteiger partial charge on any atom is 0.241 e. The molecule has 0 aliphatic carbocycles. The van der Waals surface area contributed by atoms with Crippen molar-refractivity contribution >= 4 is 40.7 Å². The number of anilines is 2. The van der Waals surface area contributed by atoms with Crippen LogP contribution in [0.25, 0.3) is 0 Å². The van der Waals surface area contributed by atoms with Gasteiger partial charge in [0.05, 0.1) is 18.3 Å². The van der Waals surface area contributed by atoms with Gasteiger partial charge < -0.3 is 10.6 Å². The van der Waals surface area contributed by atoms with Gasteiger partial charge in [-0.1, -0.05) is 24.3 Å². The predicted molar refractivity (Wildman–Crippen MR) is 114 cm³/mol. The van der Waals surface area contributed by atoms with E-state index in [0.717, 1.165) is 10.6 Å². The van der Waals surface area contributed by atoms with E-state index < -0.39 is 6.04 Å². The lowest BCUT2D eigenvalue weighted by molar-refractivity contribution is -0.122. The van der Waals surface area contributed by atoms with Crippen LogP contribution in [0.15, 0.2) is 53.4 Å². The van der Waals surface area contributed by atoms with E-state index in [1.54, 1.807) is 54.9 Å². The van der Waals surface area contributed by atoms with Crippen LogP contribution >= 0.6 is 11.8 Å². The summed E-state index contributed by atoms with van der Waals surface area (Å²) in [4.78, 5) is 39.0. The van der Waals surface area contributed by atoms with Crippen LogP contribution in [0.2, 0.25) is 0 Å². The van der Waals surface area contributed by atoms with Crippen LogP contribution in [0, 0.1) is 0 Å². The summed E-state index contributed by atoms with van der Waals surface area (Å²) in [5.41, 5.74) is 1.84. The predicted octanol–water partition coefficient (Wildman–Crippen LogP) is 3.51. The zero-order chi connectivity index (χ0) is 20.7. The summed E-state index contributed by atoms with van der Waals surface area (Å²) < 4.78 is 0. The third-order valence-corrected chi connectivity index (χ3v) is 5.15. The molecular formula is C21H25N3O3S.